The van der Waals surface area contributed by atoms with Gasteiger partial charge in [-0.15, -0.1) is 0 Å². The van der Waals surface area contributed by atoms with Crippen molar-refractivity contribution in [1.29, 1.82) is 0 Å². The summed E-state index contributed by atoms with van der Waals surface area (Å²) >= 11 is 0. The lowest BCUT2D eigenvalue weighted by Crippen LogP contribution is -2.28. The Hall–Kier alpha value is -0.940. The van der Waals surface area contributed by atoms with Crippen molar-refractivity contribution in [3.05, 3.63) is 0 Å². The predicted molar refractivity (Wildman–Crippen MR) is 63.2 cm³/mol. The monoisotopic (exact) mass is 256 g/mol. The van der Waals surface area contributed by atoms with Crippen LogP contribution in [0.25, 0.3) is 0 Å². The van der Waals surface area contributed by atoms with E-state index in [9.17, 15) is 9.59 Å². The van der Waals surface area contributed by atoms with Crippen LogP contribution in [0, 0.1) is 11.8 Å². The van der Waals surface area contributed by atoms with Crippen molar-refractivity contribution in [1.82, 2.24) is 0 Å². The third kappa shape index (κ3) is 3.09. The summed E-state index contributed by atoms with van der Waals surface area (Å²) in [4.78, 5) is 21.3. The molecule has 2 bridgehead atoms. The molecule has 2 fully saturated rings. The topological polar surface area (TPSA) is 72.8 Å². The highest BCUT2D eigenvalue weighted by Crippen LogP contribution is 2.44. The standard InChI is InChI=1S/C13H20O5/c14-7-10-9(11-4-5-12(10)18-11)3-1-2-6-17-8-13(15)16/h7,9-12H,1-6,8H2,(H,15,16)/t9-,10+,11-,12+/m1/s1. The average molecular weight is 256 g/mol. The molecule has 2 aliphatic rings. The number of aldehydes is 1. The fourth-order valence-electron chi connectivity index (χ4n) is 3.12. The minimum absolute atomic E-state index is 0.0729. The molecule has 4 atom stereocenters. The molecular formula is C13H20O5. The molecule has 2 saturated heterocycles. The van der Waals surface area contributed by atoms with Gasteiger partial charge in [0.05, 0.1) is 12.2 Å². The zero-order valence-electron chi connectivity index (χ0n) is 10.4. The van der Waals surface area contributed by atoms with Gasteiger partial charge in [-0.1, -0.05) is 6.42 Å². The van der Waals surface area contributed by atoms with Crippen LogP contribution in [-0.2, 0) is 19.1 Å². The van der Waals surface area contributed by atoms with E-state index in [1.807, 2.05) is 0 Å². The van der Waals surface area contributed by atoms with Crippen LogP contribution in [0.5, 0.6) is 0 Å². The van der Waals surface area contributed by atoms with Crippen molar-refractivity contribution in [2.75, 3.05) is 13.2 Å². The Labute approximate surface area is 106 Å². The van der Waals surface area contributed by atoms with Gasteiger partial charge in [0.25, 0.3) is 0 Å². The van der Waals surface area contributed by atoms with Gasteiger partial charge < -0.3 is 19.4 Å². The van der Waals surface area contributed by atoms with Crippen molar-refractivity contribution in [2.45, 2.75) is 44.3 Å². The predicted octanol–water partition coefficient (Wildman–Crippen LogP) is 1.25. The average Bonchev–Trinajstić information content (AvgIpc) is 2.93. The van der Waals surface area contributed by atoms with Crippen LogP contribution in [0.3, 0.4) is 0 Å². The summed E-state index contributed by atoms with van der Waals surface area (Å²) in [6.45, 7) is 0.244. The number of rotatable bonds is 8. The number of carbonyl (C=O) groups excluding carboxylic acids is 1. The molecule has 5 nitrogen and oxygen atoms in total. The maximum atomic E-state index is 11.0. The number of unbranched alkanes of at least 4 members (excludes halogenated alkanes) is 1. The van der Waals surface area contributed by atoms with Crippen molar-refractivity contribution < 1.29 is 24.2 Å². The first-order valence-electron chi connectivity index (χ1n) is 6.62. The van der Waals surface area contributed by atoms with Gasteiger partial charge in [0.15, 0.2) is 0 Å². The van der Waals surface area contributed by atoms with Gasteiger partial charge >= 0.3 is 5.97 Å². The Morgan fingerprint density at radius 1 is 1.33 bits per heavy atom. The second kappa shape index (κ2) is 6.29. The minimum atomic E-state index is -0.933. The summed E-state index contributed by atoms with van der Waals surface area (Å²) in [5.41, 5.74) is 0. The summed E-state index contributed by atoms with van der Waals surface area (Å²) in [5, 5.41) is 8.40. The van der Waals surface area contributed by atoms with Crippen LogP contribution >= 0.6 is 0 Å². The fourth-order valence-corrected chi connectivity index (χ4v) is 3.12. The molecule has 0 radical (unpaired) electrons. The lowest BCUT2D eigenvalue weighted by atomic mass is 9.77. The highest BCUT2D eigenvalue weighted by atomic mass is 16.5. The molecule has 0 aliphatic carbocycles. The van der Waals surface area contributed by atoms with Gasteiger partial charge in [-0.3, -0.25) is 0 Å². The normalized spacial score (nSPS) is 33.8. The lowest BCUT2D eigenvalue weighted by molar-refractivity contribution is -0.142. The molecule has 0 saturated carbocycles. The zero-order chi connectivity index (χ0) is 13.0. The molecule has 0 unspecified atom stereocenters. The Kier molecular flexibility index (Phi) is 4.72. The Morgan fingerprint density at radius 2 is 2.11 bits per heavy atom. The quantitative estimate of drug-likeness (QED) is 0.522. The highest BCUT2D eigenvalue weighted by molar-refractivity contribution is 5.67. The van der Waals surface area contributed by atoms with Crippen molar-refractivity contribution in [3.63, 3.8) is 0 Å². The largest absolute Gasteiger partial charge is 0.480 e. The summed E-state index contributed by atoms with van der Waals surface area (Å²) in [6.07, 6.45) is 6.34. The molecule has 2 heterocycles. The van der Waals surface area contributed by atoms with Crippen LogP contribution < -0.4 is 0 Å². The molecule has 0 aromatic rings. The third-order valence-corrected chi connectivity index (χ3v) is 3.95. The number of carboxylic acids is 1. The van der Waals surface area contributed by atoms with Gasteiger partial charge in [0, 0.05) is 12.5 Å². The highest BCUT2D eigenvalue weighted by Gasteiger charge is 2.48. The van der Waals surface area contributed by atoms with E-state index in [0.29, 0.717) is 12.5 Å². The molecule has 102 valence electrons. The van der Waals surface area contributed by atoms with Gasteiger partial charge in [0.2, 0.25) is 0 Å². The molecule has 1 N–H and O–H groups in total. The van der Waals surface area contributed by atoms with Gasteiger partial charge in [0.1, 0.15) is 12.9 Å². The second-order valence-corrected chi connectivity index (χ2v) is 5.11. The van der Waals surface area contributed by atoms with Crippen molar-refractivity contribution in [2.24, 2.45) is 11.8 Å². The van der Waals surface area contributed by atoms with Crippen molar-refractivity contribution >= 4 is 12.3 Å². The molecular weight excluding hydrogens is 236 g/mol. The van der Waals surface area contributed by atoms with E-state index in [1.165, 1.54) is 0 Å². The first-order chi connectivity index (χ1) is 8.72. The maximum Gasteiger partial charge on any atom is 0.329 e. The summed E-state index contributed by atoms with van der Waals surface area (Å²) in [6, 6.07) is 0. The number of carboxylic acid groups (broad SMARTS) is 1. The number of carbonyl (C=O) groups is 2. The van der Waals surface area contributed by atoms with Crippen LogP contribution in [-0.4, -0.2) is 42.8 Å². The van der Waals surface area contributed by atoms with Crippen LogP contribution in [0.4, 0.5) is 0 Å². The minimum Gasteiger partial charge on any atom is -0.480 e. The lowest BCUT2D eigenvalue weighted by Gasteiger charge is -2.23. The van der Waals surface area contributed by atoms with Crippen LogP contribution in [0.1, 0.15) is 32.1 Å². The first-order valence-corrected chi connectivity index (χ1v) is 6.62. The van der Waals surface area contributed by atoms with Gasteiger partial charge in [-0.25, -0.2) is 4.79 Å². The van der Waals surface area contributed by atoms with E-state index in [4.69, 9.17) is 14.6 Å². The SMILES string of the molecule is O=C[C@H]1[C@@H](CCCCOCC(=O)O)[C@H]2CC[C@@H]1O2. The summed E-state index contributed by atoms with van der Waals surface area (Å²) in [5.74, 6) is -0.498. The van der Waals surface area contributed by atoms with E-state index in [2.05, 4.69) is 0 Å². The molecule has 0 aromatic heterocycles. The Balaban J connectivity index is 1.61. The number of fused-ring (bicyclic) bond motifs is 2. The zero-order valence-corrected chi connectivity index (χ0v) is 10.4. The van der Waals surface area contributed by atoms with Gasteiger partial charge in [-0.2, -0.15) is 0 Å². The molecule has 2 aliphatic heterocycles. The molecule has 5 heteroatoms. The first kappa shape index (κ1) is 13.5. The second-order valence-electron chi connectivity index (χ2n) is 5.11. The Bertz CT molecular complexity index is 304. The fraction of sp³-hybridized carbons (Fsp3) is 0.846. The number of hydrogen-bond acceptors (Lipinski definition) is 4. The number of ether oxygens (including phenoxy) is 2. The molecule has 0 spiro atoms. The van der Waals surface area contributed by atoms with E-state index < -0.39 is 5.97 Å². The van der Waals surface area contributed by atoms with E-state index in [0.717, 1.165) is 38.4 Å². The molecule has 2 rings (SSSR count). The maximum absolute atomic E-state index is 11.0. The van der Waals surface area contributed by atoms with E-state index in [-0.39, 0.29) is 24.7 Å². The van der Waals surface area contributed by atoms with Crippen molar-refractivity contribution in [3.8, 4) is 0 Å². The van der Waals surface area contributed by atoms with Crippen LogP contribution in [0.15, 0.2) is 0 Å². The molecule has 0 amide bonds. The van der Waals surface area contributed by atoms with Gasteiger partial charge in [-0.05, 0) is 31.6 Å². The summed E-state index contributed by atoms with van der Waals surface area (Å²) < 4.78 is 10.7. The van der Waals surface area contributed by atoms with E-state index in [1.54, 1.807) is 0 Å². The number of hydrogen-bond donors (Lipinski definition) is 1. The van der Waals surface area contributed by atoms with Crippen LogP contribution in [0.2, 0.25) is 0 Å². The number of aliphatic carboxylic acids is 1. The third-order valence-electron chi connectivity index (χ3n) is 3.95. The summed E-state index contributed by atoms with van der Waals surface area (Å²) in [7, 11) is 0. The molecule has 18 heavy (non-hydrogen) atoms. The smallest absolute Gasteiger partial charge is 0.329 e. The Morgan fingerprint density at radius 3 is 2.83 bits per heavy atom. The van der Waals surface area contributed by atoms with E-state index >= 15 is 0 Å². The molecule has 0 aromatic carbocycles.